The van der Waals surface area contributed by atoms with E-state index in [-0.39, 0.29) is 22.5 Å². The second kappa shape index (κ2) is 9.46. The van der Waals surface area contributed by atoms with E-state index in [0.717, 1.165) is 0 Å². The first-order valence-corrected chi connectivity index (χ1v) is 8.14. The van der Waals surface area contributed by atoms with Gasteiger partial charge in [0.25, 0.3) is 11.5 Å². The van der Waals surface area contributed by atoms with Crippen molar-refractivity contribution < 1.29 is 19.4 Å². The molecule has 2 N–H and O–H groups in total. The molecule has 0 aliphatic heterocycles. The fourth-order valence-electron chi connectivity index (χ4n) is 1.95. The molecule has 0 aromatic carbocycles. The summed E-state index contributed by atoms with van der Waals surface area (Å²) in [4.78, 5) is 38.9. The first-order valence-electron chi connectivity index (χ1n) is 7.34. The van der Waals surface area contributed by atoms with Crippen LogP contribution in [0.3, 0.4) is 0 Å². The lowest BCUT2D eigenvalue weighted by Gasteiger charge is -2.24. The zero-order valence-corrected chi connectivity index (χ0v) is 14.8. The molecule has 7 nitrogen and oxygen atoms in total. The highest BCUT2D eigenvalue weighted by molar-refractivity contribution is 9.10. The molecule has 1 unspecified atom stereocenters. The standard InChI is InChI=1S/C15H21BrN2O5/c1-3-23-6-4-5-18(9-10(2)15(21)22)14(20)11-7-12(16)13(19)17-8-11/h7-8,10H,3-6,9H2,1-2H3,(H,17,19)(H,21,22). The lowest BCUT2D eigenvalue weighted by molar-refractivity contribution is -0.141. The Morgan fingerprint density at radius 3 is 2.74 bits per heavy atom. The van der Waals surface area contributed by atoms with Crippen molar-refractivity contribution in [3.8, 4) is 0 Å². The summed E-state index contributed by atoms with van der Waals surface area (Å²) in [6, 6.07) is 1.43. The minimum absolute atomic E-state index is 0.0943. The van der Waals surface area contributed by atoms with E-state index in [1.807, 2.05) is 6.92 Å². The molecule has 0 saturated heterocycles. The third kappa shape index (κ3) is 6.15. The topological polar surface area (TPSA) is 99.7 Å². The zero-order valence-electron chi connectivity index (χ0n) is 13.2. The average Bonchev–Trinajstić information content (AvgIpc) is 2.52. The number of hydrogen-bond acceptors (Lipinski definition) is 4. The van der Waals surface area contributed by atoms with Crippen molar-refractivity contribution in [2.24, 2.45) is 5.92 Å². The Hall–Kier alpha value is -1.67. The van der Waals surface area contributed by atoms with E-state index in [4.69, 9.17) is 9.84 Å². The van der Waals surface area contributed by atoms with Gasteiger partial charge in [-0.1, -0.05) is 6.92 Å². The van der Waals surface area contributed by atoms with Crippen molar-refractivity contribution in [3.05, 3.63) is 32.7 Å². The minimum atomic E-state index is -0.963. The highest BCUT2D eigenvalue weighted by atomic mass is 79.9. The quantitative estimate of drug-likeness (QED) is 0.627. The monoisotopic (exact) mass is 388 g/mol. The number of carbonyl (C=O) groups excluding carboxylic acids is 1. The smallest absolute Gasteiger partial charge is 0.308 e. The number of carbonyl (C=O) groups is 2. The second-order valence-electron chi connectivity index (χ2n) is 5.11. The van der Waals surface area contributed by atoms with E-state index in [0.29, 0.717) is 31.7 Å². The van der Waals surface area contributed by atoms with Crippen molar-refractivity contribution in [1.29, 1.82) is 0 Å². The zero-order chi connectivity index (χ0) is 17.4. The van der Waals surface area contributed by atoms with Gasteiger partial charge in [0.05, 0.1) is 16.0 Å². The Kier molecular flexibility index (Phi) is 7.97. The molecular formula is C15H21BrN2O5. The van der Waals surface area contributed by atoms with Crippen molar-refractivity contribution in [1.82, 2.24) is 9.88 Å². The number of aliphatic carboxylic acids is 1. The molecule has 0 aliphatic carbocycles. The summed E-state index contributed by atoms with van der Waals surface area (Å²) < 4.78 is 5.50. The van der Waals surface area contributed by atoms with E-state index in [1.54, 1.807) is 6.92 Å². The molecule has 8 heteroatoms. The van der Waals surface area contributed by atoms with Crippen LogP contribution in [0.4, 0.5) is 0 Å². The van der Waals surface area contributed by atoms with Gasteiger partial charge in [0.1, 0.15) is 0 Å². The predicted molar refractivity (Wildman–Crippen MR) is 88.6 cm³/mol. The highest BCUT2D eigenvalue weighted by Gasteiger charge is 2.22. The maximum absolute atomic E-state index is 12.6. The number of rotatable bonds is 9. The normalized spacial score (nSPS) is 12.0. The van der Waals surface area contributed by atoms with E-state index >= 15 is 0 Å². The minimum Gasteiger partial charge on any atom is -0.481 e. The summed E-state index contributed by atoms with van der Waals surface area (Å²) in [6.07, 6.45) is 1.94. The molecule has 0 fully saturated rings. The first kappa shape index (κ1) is 19.4. The molecule has 0 saturated carbocycles. The van der Waals surface area contributed by atoms with Crippen molar-refractivity contribution in [2.75, 3.05) is 26.3 Å². The van der Waals surface area contributed by atoms with Crippen LogP contribution in [-0.4, -0.2) is 53.2 Å². The average molecular weight is 389 g/mol. The summed E-state index contributed by atoms with van der Waals surface area (Å²) in [5.41, 5.74) is -0.0335. The van der Waals surface area contributed by atoms with Crippen LogP contribution >= 0.6 is 15.9 Å². The molecule has 1 atom stereocenters. The number of aromatic amines is 1. The number of carboxylic acids is 1. The number of H-pyrrole nitrogens is 1. The van der Waals surface area contributed by atoms with E-state index in [1.165, 1.54) is 17.2 Å². The Balaban J connectivity index is 2.87. The van der Waals surface area contributed by atoms with E-state index in [9.17, 15) is 14.4 Å². The molecule has 0 bridgehead atoms. The van der Waals surface area contributed by atoms with Crippen molar-refractivity contribution in [3.63, 3.8) is 0 Å². The van der Waals surface area contributed by atoms with Gasteiger partial charge in [0.15, 0.2) is 0 Å². The molecule has 0 aliphatic rings. The molecule has 1 aromatic heterocycles. The molecule has 1 heterocycles. The van der Waals surface area contributed by atoms with Gasteiger partial charge >= 0.3 is 5.97 Å². The Bertz CT molecular complexity index is 602. The Morgan fingerprint density at radius 1 is 1.48 bits per heavy atom. The maximum atomic E-state index is 12.6. The summed E-state index contributed by atoms with van der Waals surface area (Å²) >= 11 is 3.08. The molecule has 1 rings (SSSR count). The van der Waals surface area contributed by atoms with Crippen LogP contribution in [-0.2, 0) is 9.53 Å². The maximum Gasteiger partial charge on any atom is 0.308 e. The summed E-state index contributed by atoms with van der Waals surface area (Å²) in [5, 5.41) is 9.06. The van der Waals surface area contributed by atoms with Crippen LogP contribution in [0, 0.1) is 5.92 Å². The molecular weight excluding hydrogens is 368 g/mol. The lowest BCUT2D eigenvalue weighted by Crippen LogP contribution is -2.38. The van der Waals surface area contributed by atoms with Crippen LogP contribution < -0.4 is 5.56 Å². The molecule has 1 amide bonds. The van der Waals surface area contributed by atoms with E-state index in [2.05, 4.69) is 20.9 Å². The first-order chi connectivity index (χ1) is 10.9. The largest absolute Gasteiger partial charge is 0.481 e. The third-order valence-electron chi connectivity index (χ3n) is 3.23. The number of nitrogens with zero attached hydrogens (tertiary/aromatic N) is 1. The number of aromatic nitrogens is 1. The van der Waals surface area contributed by atoms with Crippen molar-refractivity contribution in [2.45, 2.75) is 20.3 Å². The predicted octanol–water partition coefficient (Wildman–Crippen LogP) is 1.73. The molecule has 1 aromatic rings. The third-order valence-corrected chi connectivity index (χ3v) is 3.82. The number of pyridine rings is 1. The van der Waals surface area contributed by atoms with Crippen LogP contribution in [0.15, 0.2) is 21.5 Å². The van der Waals surface area contributed by atoms with Gasteiger partial charge in [-0.25, -0.2) is 0 Å². The van der Waals surface area contributed by atoms with Gasteiger partial charge < -0.3 is 19.7 Å². The van der Waals surface area contributed by atoms with Gasteiger partial charge in [0.2, 0.25) is 0 Å². The number of nitrogens with one attached hydrogen (secondary N) is 1. The van der Waals surface area contributed by atoms with Crippen LogP contribution in [0.1, 0.15) is 30.6 Å². The van der Waals surface area contributed by atoms with Crippen LogP contribution in [0.5, 0.6) is 0 Å². The van der Waals surface area contributed by atoms with Gasteiger partial charge in [-0.15, -0.1) is 0 Å². The summed E-state index contributed by atoms with van der Waals surface area (Å²) in [7, 11) is 0. The van der Waals surface area contributed by atoms with Gasteiger partial charge in [-0.3, -0.25) is 14.4 Å². The number of hydrogen-bond donors (Lipinski definition) is 2. The Labute approximate surface area is 142 Å². The number of carboxylic acid groups (broad SMARTS) is 1. The Morgan fingerprint density at radius 2 is 2.17 bits per heavy atom. The molecule has 0 radical (unpaired) electrons. The SMILES string of the molecule is CCOCCCN(CC(C)C(=O)O)C(=O)c1c[nH]c(=O)c(Br)c1. The fourth-order valence-corrected chi connectivity index (χ4v) is 2.31. The molecule has 0 spiro atoms. The molecule has 23 heavy (non-hydrogen) atoms. The van der Waals surface area contributed by atoms with Gasteiger partial charge in [-0.2, -0.15) is 0 Å². The van der Waals surface area contributed by atoms with Crippen LogP contribution in [0.25, 0.3) is 0 Å². The summed E-state index contributed by atoms with van der Waals surface area (Å²) in [5.74, 6) is -1.97. The molecule has 128 valence electrons. The van der Waals surface area contributed by atoms with E-state index < -0.39 is 11.9 Å². The van der Waals surface area contributed by atoms with Gasteiger partial charge in [0, 0.05) is 32.5 Å². The number of ether oxygens (including phenoxy) is 1. The van der Waals surface area contributed by atoms with Crippen molar-refractivity contribution >= 4 is 27.8 Å². The fraction of sp³-hybridized carbons (Fsp3) is 0.533. The summed E-state index contributed by atoms with van der Waals surface area (Å²) in [6.45, 7) is 4.99. The van der Waals surface area contributed by atoms with Gasteiger partial charge in [-0.05, 0) is 35.3 Å². The second-order valence-corrected chi connectivity index (χ2v) is 5.96. The highest BCUT2D eigenvalue weighted by Crippen LogP contribution is 2.11. The number of halogens is 1. The number of amides is 1. The van der Waals surface area contributed by atoms with Crippen LogP contribution in [0.2, 0.25) is 0 Å². The lowest BCUT2D eigenvalue weighted by atomic mass is 10.1.